The standard InChI is InChI=1S/C28H52O3/c1-24(31-28-18-12-6-7-13-19-28)25(20-22-29-26-14-8-2-3-9-15-26)21-23-30-27-16-10-4-5-11-17-27/h24-28H,2-23H2,1H3. The fourth-order valence-electron chi connectivity index (χ4n) is 6.00. The summed E-state index contributed by atoms with van der Waals surface area (Å²) in [6, 6.07) is 0. The van der Waals surface area contributed by atoms with Crippen molar-refractivity contribution in [1.82, 2.24) is 0 Å². The third-order valence-corrected chi connectivity index (χ3v) is 8.16. The molecule has 0 aromatic heterocycles. The van der Waals surface area contributed by atoms with Gasteiger partial charge < -0.3 is 14.2 Å². The lowest BCUT2D eigenvalue weighted by Gasteiger charge is -2.29. The fourth-order valence-corrected chi connectivity index (χ4v) is 6.00. The first kappa shape index (κ1) is 25.5. The van der Waals surface area contributed by atoms with E-state index < -0.39 is 0 Å². The van der Waals surface area contributed by atoms with Crippen molar-refractivity contribution >= 4 is 0 Å². The van der Waals surface area contributed by atoms with E-state index in [0.717, 1.165) is 26.1 Å². The molecule has 3 saturated carbocycles. The minimum absolute atomic E-state index is 0.318. The predicted octanol–water partition coefficient (Wildman–Crippen LogP) is 7.99. The molecule has 3 aliphatic rings. The van der Waals surface area contributed by atoms with E-state index in [9.17, 15) is 0 Å². The predicted molar refractivity (Wildman–Crippen MR) is 130 cm³/mol. The molecule has 3 rings (SSSR count). The molecule has 1 atom stereocenters. The SMILES string of the molecule is CC(OC1CCCCCC1)C(CCOC1CCCCCC1)CCOC1CCCCCC1. The molecule has 3 fully saturated rings. The highest BCUT2D eigenvalue weighted by Crippen LogP contribution is 2.27. The van der Waals surface area contributed by atoms with Crippen LogP contribution in [0.3, 0.4) is 0 Å². The zero-order valence-corrected chi connectivity index (χ0v) is 20.7. The van der Waals surface area contributed by atoms with Gasteiger partial charge in [-0.15, -0.1) is 0 Å². The summed E-state index contributed by atoms with van der Waals surface area (Å²) in [7, 11) is 0. The number of hydrogen-bond donors (Lipinski definition) is 0. The Morgan fingerprint density at radius 3 is 1.26 bits per heavy atom. The smallest absolute Gasteiger partial charge is 0.0580 e. The summed E-state index contributed by atoms with van der Waals surface area (Å²) < 4.78 is 19.4. The van der Waals surface area contributed by atoms with Gasteiger partial charge in [0.1, 0.15) is 0 Å². The Kier molecular flexibility index (Phi) is 12.9. The molecule has 3 nitrogen and oxygen atoms in total. The summed E-state index contributed by atoms with van der Waals surface area (Å²) in [6.07, 6.45) is 28.1. The highest BCUT2D eigenvalue weighted by molar-refractivity contribution is 4.73. The molecule has 0 aromatic carbocycles. The maximum Gasteiger partial charge on any atom is 0.0580 e. The second-order valence-electron chi connectivity index (χ2n) is 10.8. The van der Waals surface area contributed by atoms with Crippen LogP contribution >= 0.6 is 0 Å². The van der Waals surface area contributed by atoms with Gasteiger partial charge in [-0.25, -0.2) is 0 Å². The Hall–Kier alpha value is -0.120. The summed E-state index contributed by atoms with van der Waals surface area (Å²) in [5.74, 6) is 0.555. The zero-order chi connectivity index (χ0) is 21.6. The van der Waals surface area contributed by atoms with Crippen LogP contribution in [0, 0.1) is 5.92 Å². The van der Waals surface area contributed by atoms with E-state index in [2.05, 4.69) is 6.92 Å². The number of rotatable bonds is 11. The van der Waals surface area contributed by atoms with Crippen LogP contribution in [0.2, 0.25) is 0 Å². The van der Waals surface area contributed by atoms with Gasteiger partial charge in [0.25, 0.3) is 0 Å². The van der Waals surface area contributed by atoms with Crippen molar-refractivity contribution in [3.8, 4) is 0 Å². The molecule has 0 spiro atoms. The average molecular weight is 437 g/mol. The molecule has 3 heteroatoms. The van der Waals surface area contributed by atoms with Crippen LogP contribution in [-0.4, -0.2) is 37.6 Å². The maximum atomic E-state index is 6.65. The quantitative estimate of drug-likeness (QED) is 0.307. The second kappa shape index (κ2) is 15.7. The molecule has 31 heavy (non-hydrogen) atoms. The van der Waals surface area contributed by atoms with Gasteiger partial charge in [-0.2, -0.15) is 0 Å². The van der Waals surface area contributed by atoms with Crippen LogP contribution < -0.4 is 0 Å². The van der Waals surface area contributed by atoms with E-state index in [4.69, 9.17) is 14.2 Å². The van der Waals surface area contributed by atoms with E-state index in [-0.39, 0.29) is 0 Å². The lowest BCUT2D eigenvalue weighted by Crippen LogP contribution is -2.29. The van der Waals surface area contributed by atoms with Crippen LogP contribution in [0.4, 0.5) is 0 Å². The summed E-state index contributed by atoms with van der Waals surface area (Å²) in [5, 5.41) is 0. The molecule has 3 aliphatic carbocycles. The molecule has 0 bridgehead atoms. The normalized spacial score (nSPS) is 24.6. The van der Waals surface area contributed by atoms with Gasteiger partial charge in [-0.05, 0) is 64.2 Å². The Balaban J connectivity index is 1.44. The topological polar surface area (TPSA) is 27.7 Å². The molecule has 0 aromatic rings. The molecule has 0 aliphatic heterocycles. The first-order chi connectivity index (χ1) is 15.3. The van der Waals surface area contributed by atoms with Crippen molar-refractivity contribution in [1.29, 1.82) is 0 Å². The first-order valence-electron chi connectivity index (χ1n) is 14.2. The van der Waals surface area contributed by atoms with Crippen LogP contribution in [-0.2, 0) is 14.2 Å². The van der Waals surface area contributed by atoms with Crippen molar-refractivity contribution in [3.05, 3.63) is 0 Å². The van der Waals surface area contributed by atoms with Crippen LogP contribution in [0.25, 0.3) is 0 Å². The van der Waals surface area contributed by atoms with Crippen molar-refractivity contribution < 1.29 is 14.2 Å². The maximum absolute atomic E-state index is 6.65. The number of ether oxygens (including phenoxy) is 3. The van der Waals surface area contributed by atoms with Gasteiger partial charge in [-0.1, -0.05) is 77.0 Å². The summed E-state index contributed by atoms with van der Waals surface area (Å²) in [6.45, 7) is 4.13. The molecule has 0 radical (unpaired) electrons. The van der Waals surface area contributed by atoms with Gasteiger partial charge in [0, 0.05) is 13.2 Å². The molecule has 0 saturated heterocycles. The fraction of sp³-hybridized carbons (Fsp3) is 1.00. The monoisotopic (exact) mass is 436 g/mol. The molecule has 1 unspecified atom stereocenters. The molecule has 0 amide bonds. The minimum atomic E-state index is 0.318. The lowest BCUT2D eigenvalue weighted by molar-refractivity contribution is -0.0608. The molecular formula is C28H52O3. The summed E-state index contributed by atoms with van der Waals surface area (Å²) >= 11 is 0. The van der Waals surface area contributed by atoms with Crippen molar-refractivity contribution in [3.63, 3.8) is 0 Å². The van der Waals surface area contributed by atoms with Crippen molar-refractivity contribution in [2.45, 2.75) is 160 Å². The zero-order valence-electron chi connectivity index (χ0n) is 20.7. The Morgan fingerprint density at radius 2 is 0.871 bits per heavy atom. The summed E-state index contributed by atoms with van der Waals surface area (Å²) in [5.41, 5.74) is 0. The van der Waals surface area contributed by atoms with Crippen LogP contribution in [0.15, 0.2) is 0 Å². The van der Waals surface area contributed by atoms with Crippen molar-refractivity contribution in [2.75, 3.05) is 13.2 Å². The van der Waals surface area contributed by atoms with Crippen molar-refractivity contribution in [2.24, 2.45) is 5.92 Å². The molecular weight excluding hydrogens is 384 g/mol. The molecule has 0 N–H and O–H groups in total. The van der Waals surface area contributed by atoms with Gasteiger partial charge >= 0.3 is 0 Å². The van der Waals surface area contributed by atoms with Gasteiger partial charge in [0.05, 0.1) is 24.4 Å². The van der Waals surface area contributed by atoms with Gasteiger partial charge in [-0.3, -0.25) is 0 Å². The lowest BCUT2D eigenvalue weighted by atomic mass is 9.95. The summed E-state index contributed by atoms with van der Waals surface area (Å²) in [4.78, 5) is 0. The van der Waals surface area contributed by atoms with E-state index >= 15 is 0 Å². The Bertz CT molecular complexity index is 390. The third kappa shape index (κ3) is 10.6. The average Bonchev–Trinajstić information content (AvgIpc) is 3.29. The Labute approximate surface area is 193 Å². The van der Waals surface area contributed by atoms with E-state index in [1.165, 1.54) is 116 Å². The number of hydrogen-bond acceptors (Lipinski definition) is 3. The first-order valence-corrected chi connectivity index (χ1v) is 14.2. The highest BCUT2D eigenvalue weighted by Gasteiger charge is 2.24. The Morgan fingerprint density at radius 1 is 0.516 bits per heavy atom. The largest absolute Gasteiger partial charge is 0.378 e. The van der Waals surface area contributed by atoms with E-state index in [1.54, 1.807) is 0 Å². The van der Waals surface area contributed by atoms with E-state index in [0.29, 0.717) is 30.3 Å². The van der Waals surface area contributed by atoms with Gasteiger partial charge in [0.2, 0.25) is 0 Å². The second-order valence-corrected chi connectivity index (χ2v) is 10.8. The van der Waals surface area contributed by atoms with Gasteiger partial charge in [0.15, 0.2) is 0 Å². The molecule has 0 heterocycles. The highest BCUT2D eigenvalue weighted by atomic mass is 16.5. The van der Waals surface area contributed by atoms with Crippen LogP contribution in [0.5, 0.6) is 0 Å². The third-order valence-electron chi connectivity index (χ3n) is 8.16. The van der Waals surface area contributed by atoms with Crippen LogP contribution in [0.1, 0.15) is 135 Å². The molecule has 182 valence electrons. The minimum Gasteiger partial charge on any atom is -0.378 e. The van der Waals surface area contributed by atoms with E-state index in [1.807, 2.05) is 0 Å².